The molecule has 8 heteroatoms. The molecule has 1 atom stereocenters. The summed E-state index contributed by atoms with van der Waals surface area (Å²) in [6.07, 6.45) is -3.07. The SMILES string of the molecule is CC(Br)c1cn(-c2ccc(Cl)cc2C(F)(F)F)nn1. The van der Waals surface area contributed by atoms with Crippen LogP contribution in [0.1, 0.15) is 23.0 Å². The summed E-state index contributed by atoms with van der Waals surface area (Å²) in [4.78, 5) is -0.0945. The second-order valence-corrected chi connectivity index (χ2v) is 5.67. The number of rotatable bonds is 2. The molecule has 1 unspecified atom stereocenters. The predicted molar refractivity (Wildman–Crippen MR) is 68.7 cm³/mol. The summed E-state index contributed by atoms with van der Waals surface area (Å²) in [6, 6.07) is 3.52. The zero-order valence-corrected chi connectivity index (χ0v) is 12.0. The summed E-state index contributed by atoms with van der Waals surface area (Å²) in [5.74, 6) is 0. The normalized spacial score (nSPS) is 13.6. The molecule has 0 saturated heterocycles. The van der Waals surface area contributed by atoms with Crippen molar-refractivity contribution in [3.63, 3.8) is 0 Å². The summed E-state index contributed by atoms with van der Waals surface area (Å²) in [5, 5.41) is 7.53. The summed E-state index contributed by atoms with van der Waals surface area (Å²) in [7, 11) is 0. The third-order valence-corrected chi connectivity index (χ3v) is 3.13. The zero-order valence-electron chi connectivity index (χ0n) is 9.62. The fourth-order valence-corrected chi connectivity index (χ4v) is 1.89. The third kappa shape index (κ3) is 3.09. The number of halogens is 5. The first-order chi connectivity index (χ1) is 8.79. The van der Waals surface area contributed by atoms with Crippen LogP contribution in [0.25, 0.3) is 5.69 Å². The molecule has 0 fully saturated rings. The van der Waals surface area contributed by atoms with Crippen LogP contribution in [-0.4, -0.2) is 15.0 Å². The summed E-state index contributed by atoms with van der Waals surface area (Å²) < 4.78 is 39.9. The summed E-state index contributed by atoms with van der Waals surface area (Å²) in [5.41, 5.74) is -0.412. The van der Waals surface area contributed by atoms with Crippen molar-refractivity contribution in [1.29, 1.82) is 0 Å². The van der Waals surface area contributed by atoms with Gasteiger partial charge in [-0.2, -0.15) is 13.2 Å². The van der Waals surface area contributed by atoms with Gasteiger partial charge in [0, 0.05) is 5.02 Å². The molecule has 2 aromatic rings. The van der Waals surface area contributed by atoms with Crippen LogP contribution in [-0.2, 0) is 6.18 Å². The average molecular weight is 355 g/mol. The van der Waals surface area contributed by atoms with E-state index >= 15 is 0 Å². The molecule has 0 N–H and O–H groups in total. The van der Waals surface area contributed by atoms with Crippen LogP contribution in [0, 0.1) is 0 Å². The number of benzene rings is 1. The van der Waals surface area contributed by atoms with Crippen LogP contribution in [0.5, 0.6) is 0 Å². The van der Waals surface area contributed by atoms with E-state index in [4.69, 9.17) is 11.6 Å². The van der Waals surface area contributed by atoms with E-state index in [1.165, 1.54) is 18.3 Å². The van der Waals surface area contributed by atoms with Gasteiger partial charge in [-0.15, -0.1) is 5.10 Å². The van der Waals surface area contributed by atoms with Gasteiger partial charge in [0.25, 0.3) is 0 Å². The Bertz CT molecular complexity index is 595. The first kappa shape index (κ1) is 14.3. The van der Waals surface area contributed by atoms with E-state index in [0.717, 1.165) is 10.7 Å². The summed E-state index contributed by atoms with van der Waals surface area (Å²) >= 11 is 8.89. The molecule has 0 saturated carbocycles. The second kappa shape index (κ2) is 5.13. The molecule has 1 aromatic carbocycles. The van der Waals surface area contributed by atoms with Crippen LogP contribution < -0.4 is 0 Å². The van der Waals surface area contributed by atoms with Gasteiger partial charge in [-0.25, -0.2) is 4.68 Å². The monoisotopic (exact) mass is 353 g/mol. The molecule has 0 spiro atoms. The minimum absolute atomic E-state index is 0.0188. The molecule has 102 valence electrons. The molecule has 19 heavy (non-hydrogen) atoms. The van der Waals surface area contributed by atoms with Gasteiger partial charge >= 0.3 is 6.18 Å². The van der Waals surface area contributed by atoms with Crippen molar-refractivity contribution in [1.82, 2.24) is 15.0 Å². The predicted octanol–water partition coefficient (Wildman–Crippen LogP) is 4.40. The Hall–Kier alpha value is -1.08. The smallest absolute Gasteiger partial charge is 0.220 e. The van der Waals surface area contributed by atoms with E-state index in [2.05, 4.69) is 26.2 Å². The highest BCUT2D eigenvalue weighted by molar-refractivity contribution is 9.09. The lowest BCUT2D eigenvalue weighted by Crippen LogP contribution is -2.11. The second-order valence-electron chi connectivity index (χ2n) is 3.86. The Labute approximate surface area is 120 Å². The molecule has 1 heterocycles. The maximum atomic E-state index is 12.9. The minimum atomic E-state index is -4.51. The topological polar surface area (TPSA) is 30.7 Å². The quantitative estimate of drug-likeness (QED) is 0.749. The van der Waals surface area contributed by atoms with E-state index in [0.29, 0.717) is 5.69 Å². The number of aromatic nitrogens is 3. The molecular formula is C11H8BrClF3N3. The van der Waals surface area contributed by atoms with Crippen LogP contribution in [0.15, 0.2) is 24.4 Å². The van der Waals surface area contributed by atoms with Gasteiger partial charge in [-0.3, -0.25) is 0 Å². The maximum Gasteiger partial charge on any atom is 0.418 e. The highest BCUT2D eigenvalue weighted by atomic mass is 79.9. The van der Waals surface area contributed by atoms with Crippen LogP contribution >= 0.6 is 27.5 Å². The summed E-state index contributed by atoms with van der Waals surface area (Å²) in [6.45, 7) is 1.81. The minimum Gasteiger partial charge on any atom is -0.220 e. The number of alkyl halides is 4. The van der Waals surface area contributed by atoms with Gasteiger partial charge in [0.2, 0.25) is 0 Å². The molecule has 1 aromatic heterocycles. The molecule has 0 aliphatic heterocycles. The molecule has 0 bridgehead atoms. The van der Waals surface area contributed by atoms with E-state index in [9.17, 15) is 13.2 Å². The molecule has 0 radical (unpaired) electrons. The standard InChI is InChI=1S/C11H8BrClF3N3/c1-6(12)9-5-19(18-17-9)10-3-2-7(13)4-8(10)11(14,15)16/h2-6H,1H3. The Morgan fingerprint density at radius 2 is 2.05 bits per heavy atom. The maximum absolute atomic E-state index is 12.9. The average Bonchev–Trinajstić information content (AvgIpc) is 2.77. The van der Waals surface area contributed by atoms with Gasteiger partial charge in [0.1, 0.15) is 0 Å². The molecule has 0 amide bonds. The molecule has 2 rings (SSSR count). The van der Waals surface area contributed by atoms with Crippen molar-refractivity contribution in [2.24, 2.45) is 0 Å². The third-order valence-electron chi connectivity index (χ3n) is 2.43. The van der Waals surface area contributed by atoms with E-state index in [-0.39, 0.29) is 15.5 Å². The van der Waals surface area contributed by atoms with Crippen molar-refractivity contribution in [2.45, 2.75) is 17.9 Å². The van der Waals surface area contributed by atoms with Crippen molar-refractivity contribution in [2.75, 3.05) is 0 Å². The fraction of sp³-hybridized carbons (Fsp3) is 0.273. The lowest BCUT2D eigenvalue weighted by molar-refractivity contribution is -0.137. The van der Waals surface area contributed by atoms with E-state index in [1.807, 2.05) is 0 Å². The number of hydrogen-bond donors (Lipinski definition) is 0. The van der Waals surface area contributed by atoms with E-state index in [1.54, 1.807) is 6.92 Å². The van der Waals surface area contributed by atoms with Gasteiger partial charge in [0.05, 0.1) is 28.0 Å². The number of hydrogen-bond acceptors (Lipinski definition) is 2. The Balaban J connectivity index is 2.55. The Kier molecular flexibility index (Phi) is 3.87. The highest BCUT2D eigenvalue weighted by Gasteiger charge is 2.34. The van der Waals surface area contributed by atoms with Crippen LogP contribution in [0.3, 0.4) is 0 Å². The largest absolute Gasteiger partial charge is 0.418 e. The van der Waals surface area contributed by atoms with Gasteiger partial charge < -0.3 is 0 Å². The van der Waals surface area contributed by atoms with Gasteiger partial charge in [0.15, 0.2) is 0 Å². The van der Waals surface area contributed by atoms with Crippen molar-refractivity contribution >= 4 is 27.5 Å². The van der Waals surface area contributed by atoms with Crippen molar-refractivity contribution < 1.29 is 13.2 Å². The van der Waals surface area contributed by atoms with Crippen molar-refractivity contribution in [3.8, 4) is 5.69 Å². The first-order valence-electron chi connectivity index (χ1n) is 5.22. The zero-order chi connectivity index (χ0) is 14.2. The lowest BCUT2D eigenvalue weighted by atomic mass is 10.1. The van der Waals surface area contributed by atoms with Gasteiger partial charge in [-0.05, 0) is 25.1 Å². The fourth-order valence-electron chi connectivity index (χ4n) is 1.51. The molecule has 3 nitrogen and oxygen atoms in total. The highest BCUT2D eigenvalue weighted by Crippen LogP contribution is 2.35. The molecule has 0 aliphatic rings. The van der Waals surface area contributed by atoms with Crippen LogP contribution in [0.2, 0.25) is 5.02 Å². The Morgan fingerprint density at radius 1 is 1.37 bits per heavy atom. The van der Waals surface area contributed by atoms with Crippen molar-refractivity contribution in [3.05, 3.63) is 40.7 Å². The molecule has 0 aliphatic carbocycles. The first-order valence-corrected chi connectivity index (χ1v) is 6.52. The molecular weight excluding hydrogens is 346 g/mol. The Morgan fingerprint density at radius 3 is 2.58 bits per heavy atom. The lowest BCUT2D eigenvalue weighted by Gasteiger charge is -2.12. The van der Waals surface area contributed by atoms with E-state index < -0.39 is 11.7 Å². The van der Waals surface area contributed by atoms with Crippen LogP contribution in [0.4, 0.5) is 13.2 Å². The number of nitrogens with zero attached hydrogens (tertiary/aromatic N) is 3. The van der Waals surface area contributed by atoms with Gasteiger partial charge in [-0.1, -0.05) is 32.7 Å².